The van der Waals surface area contributed by atoms with Crippen molar-refractivity contribution in [2.24, 2.45) is 0 Å². The van der Waals surface area contributed by atoms with E-state index in [0.29, 0.717) is 39.5 Å². The topological polar surface area (TPSA) is 87.9 Å². The average Bonchev–Trinajstić information content (AvgIpc) is 3.32. The van der Waals surface area contributed by atoms with Gasteiger partial charge in [-0.15, -0.1) is 22.8 Å². The van der Waals surface area contributed by atoms with E-state index < -0.39 is 0 Å². The summed E-state index contributed by atoms with van der Waals surface area (Å²) in [5.74, 6) is 2.74. The van der Waals surface area contributed by atoms with Gasteiger partial charge in [0, 0.05) is 12.1 Å². The molecule has 2 aliphatic rings. The second kappa shape index (κ2) is 5.21. The highest BCUT2D eigenvalue weighted by Gasteiger charge is 2.23. The number of benzene rings is 2. The number of ether oxygens (including phenoxy) is 4. The van der Waals surface area contributed by atoms with Crippen molar-refractivity contribution in [1.29, 1.82) is 0 Å². The van der Waals surface area contributed by atoms with Crippen LogP contribution in [0.15, 0.2) is 35.5 Å². The molecule has 5 rings (SSSR count). The third-order valence-electron chi connectivity index (χ3n) is 3.99. The highest BCUT2D eigenvalue weighted by atomic mass is 32.1. The summed E-state index contributed by atoms with van der Waals surface area (Å²) in [6.45, 7) is 0.301. The minimum Gasteiger partial charge on any atom is -0.507 e. The number of fused-ring (bicyclic) bond motifs is 2. The van der Waals surface area contributed by atoms with Gasteiger partial charge in [0.15, 0.2) is 34.0 Å². The van der Waals surface area contributed by atoms with Crippen LogP contribution in [-0.2, 0) is 0 Å². The van der Waals surface area contributed by atoms with E-state index in [2.05, 4.69) is 22.8 Å². The number of phenols is 1. The molecule has 2 aromatic carbocycles. The van der Waals surface area contributed by atoms with Crippen molar-refractivity contribution in [3.63, 3.8) is 0 Å². The highest BCUT2D eigenvalue weighted by Crippen LogP contribution is 2.43. The predicted octanol–water partition coefficient (Wildman–Crippen LogP) is 2.39. The van der Waals surface area contributed by atoms with Gasteiger partial charge in [0.1, 0.15) is 5.75 Å². The van der Waals surface area contributed by atoms with Gasteiger partial charge in [-0.25, -0.2) is 0 Å². The molecule has 0 spiro atoms. The van der Waals surface area contributed by atoms with Crippen LogP contribution in [0.5, 0.6) is 28.7 Å². The standard InChI is InChI=1S/C16H11N3O5S/c20-10-5-14-13(23-7-24-14)4-9(10)15-17-18-16(25)19(15)8-1-2-11-12(3-8)22-6-21-11/h1-5,20H,6-7H2,(H,18,25). The molecule has 0 atom stereocenters. The molecule has 3 aromatic rings. The Labute approximate surface area is 146 Å². The maximum Gasteiger partial charge on any atom is 0.231 e. The second-order valence-electron chi connectivity index (χ2n) is 5.42. The van der Waals surface area contributed by atoms with E-state index in [9.17, 15) is 5.11 Å². The number of aromatic nitrogens is 3. The van der Waals surface area contributed by atoms with E-state index in [1.54, 1.807) is 22.8 Å². The van der Waals surface area contributed by atoms with E-state index in [0.717, 1.165) is 5.69 Å². The van der Waals surface area contributed by atoms with E-state index in [4.69, 9.17) is 18.9 Å². The molecule has 3 heterocycles. The van der Waals surface area contributed by atoms with Gasteiger partial charge in [0.05, 0.1) is 11.3 Å². The summed E-state index contributed by atoms with van der Waals surface area (Å²) < 4.78 is 23.1. The van der Waals surface area contributed by atoms with Crippen LogP contribution in [-0.4, -0.2) is 33.5 Å². The lowest BCUT2D eigenvalue weighted by atomic mass is 10.1. The van der Waals surface area contributed by atoms with Crippen LogP contribution in [0, 0.1) is 0 Å². The molecule has 25 heavy (non-hydrogen) atoms. The molecule has 0 unspecified atom stereocenters. The fraction of sp³-hybridized carbons (Fsp3) is 0.125. The zero-order valence-electron chi connectivity index (χ0n) is 12.7. The third-order valence-corrected chi connectivity index (χ3v) is 4.28. The SMILES string of the molecule is Oc1cc2c(cc1-c1nnc(S)n1-c1ccc3c(c1)OCO3)OCO2. The molecular weight excluding hydrogens is 346 g/mol. The van der Waals surface area contributed by atoms with Crippen molar-refractivity contribution >= 4 is 12.6 Å². The van der Waals surface area contributed by atoms with E-state index in [1.165, 1.54) is 6.07 Å². The summed E-state index contributed by atoms with van der Waals surface area (Å²) in [4.78, 5) is 0. The number of hydrogen-bond donors (Lipinski definition) is 2. The van der Waals surface area contributed by atoms with Crippen molar-refractivity contribution in [1.82, 2.24) is 14.8 Å². The molecule has 0 amide bonds. The lowest BCUT2D eigenvalue weighted by molar-refractivity contribution is 0.173. The summed E-state index contributed by atoms with van der Waals surface area (Å²) >= 11 is 4.38. The predicted molar refractivity (Wildman–Crippen MR) is 88.0 cm³/mol. The molecule has 0 bridgehead atoms. The molecule has 126 valence electrons. The molecule has 9 heteroatoms. The number of rotatable bonds is 2. The lowest BCUT2D eigenvalue weighted by Crippen LogP contribution is -1.99. The minimum absolute atomic E-state index is 0.00646. The molecule has 8 nitrogen and oxygen atoms in total. The Balaban J connectivity index is 1.68. The summed E-state index contributed by atoms with van der Waals surface area (Å²) in [5, 5.41) is 18.9. The Morgan fingerprint density at radius 3 is 2.36 bits per heavy atom. The van der Waals surface area contributed by atoms with Gasteiger partial charge in [-0.3, -0.25) is 4.57 Å². The lowest BCUT2D eigenvalue weighted by Gasteiger charge is -2.11. The number of hydrogen-bond acceptors (Lipinski definition) is 8. The fourth-order valence-electron chi connectivity index (χ4n) is 2.82. The largest absolute Gasteiger partial charge is 0.507 e. The normalized spacial score (nSPS) is 14.1. The maximum absolute atomic E-state index is 10.4. The van der Waals surface area contributed by atoms with Crippen molar-refractivity contribution in [2.75, 3.05) is 13.6 Å². The Morgan fingerprint density at radius 2 is 1.56 bits per heavy atom. The van der Waals surface area contributed by atoms with Crippen LogP contribution in [0.3, 0.4) is 0 Å². The van der Waals surface area contributed by atoms with E-state index in [-0.39, 0.29) is 19.3 Å². The van der Waals surface area contributed by atoms with Gasteiger partial charge in [-0.05, 0) is 18.2 Å². The summed E-state index contributed by atoms with van der Waals surface area (Å²) in [7, 11) is 0. The number of nitrogens with zero attached hydrogens (tertiary/aromatic N) is 3. The van der Waals surface area contributed by atoms with Gasteiger partial charge in [-0.2, -0.15) is 0 Å². The van der Waals surface area contributed by atoms with Crippen molar-refractivity contribution in [3.8, 4) is 45.8 Å². The van der Waals surface area contributed by atoms with Gasteiger partial charge in [0.25, 0.3) is 0 Å². The Bertz CT molecular complexity index is 1000. The molecule has 1 N–H and O–H groups in total. The van der Waals surface area contributed by atoms with Crippen molar-refractivity contribution in [2.45, 2.75) is 5.16 Å². The number of thiol groups is 1. The van der Waals surface area contributed by atoms with Crippen molar-refractivity contribution in [3.05, 3.63) is 30.3 Å². The van der Waals surface area contributed by atoms with Gasteiger partial charge in [-0.1, -0.05) is 0 Å². The Kier molecular flexibility index (Phi) is 2.98. The van der Waals surface area contributed by atoms with Gasteiger partial charge >= 0.3 is 0 Å². The van der Waals surface area contributed by atoms with Crippen LogP contribution in [0.2, 0.25) is 0 Å². The van der Waals surface area contributed by atoms with E-state index in [1.807, 2.05) is 6.07 Å². The molecule has 2 aliphatic heterocycles. The third kappa shape index (κ3) is 2.16. The summed E-state index contributed by atoms with van der Waals surface area (Å²) in [5.41, 5.74) is 1.18. The monoisotopic (exact) mass is 357 g/mol. The van der Waals surface area contributed by atoms with Crippen molar-refractivity contribution < 1.29 is 24.1 Å². The maximum atomic E-state index is 10.4. The molecule has 0 saturated carbocycles. The van der Waals surface area contributed by atoms with Gasteiger partial charge in [0.2, 0.25) is 13.6 Å². The van der Waals surface area contributed by atoms with Gasteiger partial charge < -0.3 is 24.1 Å². The van der Waals surface area contributed by atoms with Crippen LogP contribution >= 0.6 is 12.6 Å². The average molecular weight is 357 g/mol. The fourth-order valence-corrected chi connectivity index (χ4v) is 3.08. The first kappa shape index (κ1) is 14.3. The minimum atomic E-state index is 0.00646. The molecule has 0 saturated heterocycles. The number of phenolic OH excluding ortho intramolecular Hbond substituents is 1. The first-order chi connectivity index (χ1) is 12.2. The Morgan fingerprint density at radius 1 is 0.880 bits per heavy atom. The first-order valence-electron chi connectivity index (χ1n) is 7.38. The smallest absolute Gasteiger partial charge is 0.231 e. The molecule has 1 aromatic heterocycles. The zero-order valence-corrected chi connectivity index (χ0v) is 13.6. The van der Waals surface area contributed by atoms with Crippen LogP contribution in [0.4, 0.5) is 0 Å². The summed E-state index contributed by atoms with van der Waals surface area (Å²) in [6, 6.07) is 8.60. The molecule has 0 radical (unpaired) electrons. The molecule has 0 fully saturated rings. The highest BCUT2D eigenvalue weighted by molar-refractivity contribution is 7.80. The second-order valence-corrected chi connectivity index (χ2v) is 5.82. The van der Waals surface area contributed by atoms with E-state index >= 15 is 0 Å². The van der Waals surface area contributed by atoms with Crippen LogP contribution in [0.25, 0.3) is 17.1 Å². The summed E-state index contributed by atoms with van der Waals surface area (Å²) in [6.07, 6.45) is 0. The number of aromatic hydroxyl groups is 1. The zero-order chi connectivity index (χ0) is 17.0. The Hall–Kier alpha value is -3.07. The van der Waals surface area contributed by atoms with Crippen LogP contribution in [0.1, 0.15) is 0 Å². The molecular formula is C16H11N3O5S. The molecule has 0 aliphatic carbocycles. The quantitative estimate of drug-likeness (QED) is 0.681. The first-order valence-corrected chi connectivity index (χ1v) is 7.83. The van der Waals surface area contributed by atoms with Crippen LogP contribution < -0.4 is 18.9 Å².